The molecule has 0 saturated carbocycles. The summed E-state index contributed by atoms with van der Waals surface area (Å²) in [6.45, 7) is 1.56. The smallest absolute Gasteiger partial charge is 0.284 e. The summed E-state index contributed by atoms with van der Waals surface area (Å²) in [5.41, 5.74) is 1.49. The Balaban J connectivity index is 1.74. The highest BCUT2D eigenvalue weighted by atomic mass is 16.1. The van der Waals surface area contributed by atoms with Crippen molar-refractivity contribution in [2.24, 2.45) is 0 Å². The van der Waals surface area contributed by atoms with Crippen LogP contribution in [-0.4, -0.2) is 31.1 Å². The molecule has 0 spiro atoms. The lowest BCUT2D eigenvalue weighted by Crippen LogP contribution is -2.12. The number of aromatic amines is 1. The van der Waals surface area contributed by atoms with Crippen LogP contribution in [0.3, 0.4) is 0 Å². The molecule has 0 radical (unpaired) electrons. The number of imidazole rings is 1. The summed E-state index contributed by atoms with van der Waals surface area (Å²) in [6.07, 6.45) is 6.70. The molecular formula is C13H14N6O. The van der Waals surface area contributed by atoms with Gasteiger partial charge in [0.2, 0.25) is 0 Å². The first-order valence-corrected chi connectivity index (χ1v) is 6.26. The average Bonchev–Trinajstić information content (AvgIpc) is 3.11. The van der Waals surface area contributed by atoms with Crippen molar-refractivity contribution in [3.05, 3.63) is 59.5 Å². The van der Waals surface area contributed by atoms with Crippen LogP contribution in [0.15, 0.2) is 54.0 Å². The van der Waals surface area contributed by atoms with E-state index >= 15 is 0 Å². The van der Waals surface area contributed by atoms with Gasteiger partial charge in [-0.2, -0.15) is 9.90 Å². The van der Waals surface area contributed by atoms with Crippen LogP contribution in [-0.2, 0) is 6.54 Å². The van der Waals surface area contributed by atoms with Crippen molar-refractivity contribution in [2.45, 2.75) is 6.54 Å². The predicted octanol–water partition coefficient (Wildman–Crippen LogP) is 0.869. The summed E-state index contributed by atoms with van der Waals surface area (Å²) in [7, 11) is 0. The summed E-state index contributed by atoms with van der Waals surface area (Å²) in [4.78, 5) is 16.6. The monoisotopic (exact) mass is 270 g/mol. The van der Waals surface area contributed by atoms with Gasteiger partial charge in [0, 0.05) is 25.5 Å². The lowest BCUT2D eigenvalue weighted by molar-refractivity contribution is 0.720. The molecule has 0 bridgehead atoms. The van der Waals surface area contributed by atoms with Crippen molar-refractivity contribution < 1.29 is 0 Å². The minimum Gasteiger partial charge on any atom is -0.381 e. The molecular weight excluding hydrogens is 256 g/mol. The standard InChI is InChI=1S/C13H14N6O/c20-13-9-16-19(17-13)12-4-2-1-3-11(12)15-6-8-18-7-5-14-10-18/h1-5,7,9-10,15H,6,8H2,(H,17,20). The number of rotatable bonds is 5. The number of para-hydroxylation sites is 2. The van der Waals surface area contributed by atoms with Gasteiger partial charge < -0.3 is 9.88 Å². The zero-order valence-corrected chi connectivity index (χ0v) is 10.7. The Labute approximate surface area is 114 Å². The largest absolute Gasteiger partial charge is 0.381 e. The molecule has 0 aliphatic heterocycles. The topological polar surface area (TPSA) is 80.5 Å². The van der Waals surface area contributed by atoms with Crippen LogP contribution in [0.1, 0.15) is 0 Å². The molecule has 7 nitrogen and oxygen atoms in total. The highest BCUT2D eigenvalue weighted by Gasteiger charge is 2.04. The number of nitrogens with zero attached hydrogens (tertiary/aromatic N) is 4. The Morgan fingerprint density at radius 3 is 2.95 bits per heavy atom. The van der Waals surface area contributed by atoms with Crippen LogP contribution >= 0.6 is 0 Å². The molecule has 0 aliphatic carbocycles. The first kappa shape index (κ1) is 12.2. The Morgan fingerprint density at radius 1 is 1.30 bits per heavy atom. The van der Waals surface area contributed by atoms with E-state index in [0.29, 0.717) is 0 Å². The molecule has 0 atom stereocenters. The van der Waals surface area contributed by atoms with E-state index in [-0.39, 0.29) is 5.56 Å². The molecule has 2 N–H and O–H groups in total. The zero-order chi connectivity index (χ0) is 13.8. The van der Waals surface area contributed by atoms with Crippen LogP contribution in [0.5, 0.6) is 0 Å². The molecule has 20 heavy (non-hydrogen) atoms. The molecule has 2 aromatic heterocycles. The minimum atomic E-state index is -0.224. The van der Waals surface area contributed by atoms with E-state index in [0.717, 1.165) is 24.5 Å². The van der Waals surface area contributed by atoms with Crippen LogP contribution in [0.4, 0.5) is 5.69 Å². The highest BCUT2D eigenvalue weighted by Crippen LogP contribution is 2.17. The van der Waals surface area contributed by atoms with E-state index in [1.54, 1.807) is 12.5 Å². The number of nitrogens with one attached hydrogen (secondary N) is 2. The number of anilines is 1. The van der Waals surface area contributed by atoms with E-state index < -0.39 is 0 Å². The molecule has 3 rings (SSSR count). The molecule has 2 heterocycles. The van der Waals surface area contributed by atoms with Crippen molar-refractivity contribution in [2.75, 3.05) is 11.9 Å². The molecule has 7 heteroatoms. The zero-order valence-electron chi connectivity index (χ0n) is 10.7. The van der Waals surface area contributed by atoms with Gasteiger partial charge in [-0.3, -0.25) is 4.79 Å². The number of hydrogen-bond donors (Lipinski definition) is 2. The number of benzene rings is 1. The van der Waals surface area contributed by atoms with Gasteiger partial charge in [-0.05, 0) is 12.1 Å². The fourth-order valence-corrected chi connectivity index (χ4v) is 1.94. The Hall–Kier alpha value is -2.83. The van der Waals surface area contributed by atoms with Gasteiger partial charge in [-0.1, -0.05) is 12.1 Å². The third-order valence-corrected chi connectivity index (χ3v) is 2.88. The van der Waals surface area contributed by atoms with E-state index in [1.165, 1.54) is 11.0 Å². The quantitative estimate of drug-likeness (QED) is 0.721. The second-order valence-corrected chi connectivity index (χ2v) is 4.28. The minimum absolute atomic E-state index is 0.224. The first-order valence-electron chi connectivity index (χ1n) is 6.26. The summed E-state index contributed by atoms with van der Waals surface area (Å²) < 4.78 is 1.99. The predicted molar refractivity (Wildman–Crippen MR) is 74.9 cm³/mol. The van der Waals surface area contributed by atoms with Crippen LogP contribution in [0, 0.1) is 0 Å². The maximum Gasteiger partial charge on any atom is 0.284 e. The molecule has 0 fully saturated rings. The van der Waals surface area contributed by atoms with Gasteiger partial charge in [-0.15, -0.1) is 0 Å². The summed E-state index contributed by atoms with van der Waals surface area (Å²) >= 11 is 0. The molecule has 0 saturated heterocycles. The molecule has 0 unspecified atom stereocenters. The van der Waals surface area contributed by atoms with Gasteiger partial charge in [-0.25, -0.2) is 10.1 Å². The van der Waals surface area contributed by atoms with Crippen molar-refractivity contribution >= 4 is 5.69 Å². The second kappa shape index (κ2) is 5.43. The van der Waals surface area contributed by atoms with Crippen LogP contribution in [0.2, 0.25) is 0 Å². The third kappa shape index (κ3) is 2.61. The second-order valence-electron chi connectivity index (χ2n) is 4.28. The Morgan fingerprint density at radius 2 is 2.20 bits per heavy atom. The summed E-state index contributed by atoms with van der Waals surface area (Å²) in [5.74, 6) is 0. The van der Waals surface area contributed by atoms with Crippen molar-refractivity contribution in [3.8, 4) is 5.69 Å². The first-order chi connectivity index (χ1) is 9.83. The van der Waals surface area contributed by atoms with E-state index in [2.05, 4.69) is 20.5 Å². The Kier molecular flexibility index (Phi) is 3.32. The summed E-state index contributed by atoms with van der Waals surface area (Å²) in [5, 5.41) is 9.96. The van der Waals surface area contributed by atoms with Gasteiger partial charge in [0.15, 0.2) is 0 Å². The Bertz CT molecular complexity index is 727. The molecule has 1 aromatic carbocycles. The molecule has 3 aromatic rings. The van der Waals surface area contributed by atoms with Gasteiger partial charge in [0.05, 0.1) is 12.0 Å². The fraction of sp³-hybridized carbons (Fsp3) is 0.154. The highest BCUT2D eigenvalue weighted by molar-refractivity contribution is 5.59. The van der Waals surface area contributed by atoms with E-state index in [9.17, 15) is 4.79 Å². The van der Waals surface area contributed by atoms with Gasteiger partial charge in [0.1, 0.15) is 11.9 Å². The van der Waals surface area contributed by atoms with Crippen molar-refractivity contribution in [3.63, 3.8) is 0 Å². The van der Waals surface area contributed by atoms with Crippen molar-refractivity contribution in [1.82, 2.24) is 24.5 Å². The number of aromatic nitrogens is 5. The lowest BCUT2D eigenvalue weighted by Gasteiger charge is -2.11. The van der Waals surface area contributed by atoms with Crippen LogP contribution < -0.4 is 10.9 Å². The average molecular weight is 270 g/mol. The van der Waals surface area contributed by atoms with E-state index in [4.69, 9.17) is 0 Å². The lowest BCUT2D eigenvalue weighted by atomic mass is 10.2. The molecule has 102 valence electrons. The summed E-state index contributed by atoms with van der Waals surface area (Å²) in [6, 6.07) is 7.67. The SMILES string of the molecule is O=c1cnn(-c2ccccc2NCCn2ccnc2)[nH]1. The third-order valence-electron chi connectivity index (χ3n) is 2.88. The number of hydrogen-bond acceptors (Lipinski definition) is 4. The normalized spacial score (nSPS) is 10.6. The maximum absolute atomic E-state index is 11.2. The van der Waals surface area contributed by atoms with Gasteiger partial charge in [0.25, 0.3) is 5.56 Å². The van der Waals surface area contributed by atoms with E-state index in [1.807, 2.05) is 35.0 Å². The van der Waals surface area contributed by atoms with Gasteiger partial charge >= 0.3 is 0 Å². The molecule has 0 aliphatic rings. The molecule has 0 amide bonds. The fourth-order valence-electron chi connectivity index (χ4n) is 1.94. The van der Waals surface area contributed by atoms with Crippen LogP contribution in [0.25, 0.3) is 5.69 Å². The maximum atomic E-state index is 11.2. The van der Waals surface area contributed by atoms with Crippen molar-refractivity contribution in [1.29, 1.82) is 0 Å². The number of H-pyrrole nitrogens is 1.